The first-order chi connectivity index (χ1) is 16.5. The summed E-state index contributed by atoms with van der Waals surface area (Å²) in [5, 5.41) is 17.4. The first-order valence-corrected chi connectivity index (χ1v) is 12.0. The predicted octanol–water partition coefficient (Wildman–Crippen LogP) is 3.29. The maximum atomic E-state index is 10.9. The maximum Gasteiger partial charge on any atom is 0.303 e. The number of imidazole rings is 1. The molecule has 3 aromatic heterocycles. The lowest BCUT2D eigenvalue weighted by molar-refractivity contribution is -0.138. The van der Waals surface area contributed by atoms with Crippen LogP contribution in [0.3, 0.4) is 0 Å². The molecule has 0 bridgehead atoms. The van der Waals surface area contributed by atoms with Gasteiger partial charge in [-0.15, -0.1) is 10.2 Å². The van der Waals surface area contributed by atoms with Crippen LogP contribution in [-0.2, 0) is 16.6 Å². The van der Waals surface area contributed by atoms with E-state index in [9.17, 15) is 4.79 Å². The number of nitrogens with one attached hydrogen (secondary N) is 1. The van der Waals surface area contributed by atoms with Crippen LogP contribution in [0.5, 0.6) is 0 Å². The fraction of sp³-hybridized carbons (Fsp3) is 0.542. The van der Waals surface area contributed by atoms with Crippen molar-refractivity contribution in [3.8, 4) is 23.0 Å². The molecule has 10 heteroatoms. The summed E-state index contributed by atoms with van der Waals surface area (Å²) >= 11 is 0. The third kappa shape index (κ3) is 5.11. The zero-order chi connectivity index (χ0) is 23.5. The van der Waals surface area contributed by atoms with Gasteiger partial charge in [0.15, 0.2) is 17.5 Å². The number of piperidine rings is 1. The molecule has 0 amide bonds. The van der Waals surface area contributed by atoms with Crippen LogP contribution in [0.2, 0.25) is 0 Å². The number of ether oxygens (including phenoxy) is 1. The second kappa shape index (κ2) is 9.92. The second-order valence-corrected chi connectivity index (χ2v) is 9.35. The van der Waals surface area contributed by atoms with Crippen LogP contribution in [0.1, 0.15) is 44.9 Å². The largest absolute Gasteiger partial charge is 0.481 e. The summed E-state index contributed by atoms with van der Waals surface area (Å²) in [5.41, 5.74) is 0.883. The van der Waals surface area contributed by atoms with Gasteiger partial charge in [-0.05, 0) is 56.6 Å². The molecule has 0 atom stereocenters. The number of carboxylic acid groups (broad SMARTS) is 1. The average Bonchev–Trinajstić information content (AvgIpc) is 3.50. The van der Waals surface area contributed by atoms with Gasteiger partial charge in [0.05, 0.1) is 12.2 Å². The minimum absolute atomic E-state index is 0.273. The van der Waals surface area contributed by atoms with Crippen LogP contribution in [0.4, 0.5) is 5.82 Å². The summed E-state index contributed by atoms with van der Waals surface area (Å²) in [7, 11) is 1.92. The van der Waals surface area contributed by atoms with Gasteiger partial charge >= 0.3 is 5.97 Å². The fourth-order valence-electron chi connectivity index (χ4n) is 5.01. The molecule has 2 fully saturated rings. The third-order valence-electron chi connectivity index (χ3n) is 6.95. The Balaban J connectivity index is 1.11. The zero-order valence-electron chi connectivity index (χ0n) is 19.4. The Kier molecular flexibility index (Phi) is 6.57. The number of aryl methyl sites for hydroxylation is 1. The van der Waals surface area contributed by atoms with E-state index in [1.165, 1.54) is 0 Å². The minimum atomic E-state index is -0.687. The molecule has 4 heterocycles. The van der Waals surface area contributed by atoms with Crippen molar-refractivity contribution in [2.45, 2.75) is 57.2 Å². The Morgan fingerprint density at radius 2 is 1.79 bits per heavy atom. The van der Waals surface area contributed by atoms with Gasteiger partial charge in [-0.3, -0.25) is 4.79 Å². The quantitative estimate of drug-likeness (QED) is 0.545. The van der Waals surface area contributed by atoms with E-state index >= 15 is 0 Å². The molecule has 0 unspecified atom stereocenters. The topological polar surface area (TPSA) is 122 Å². The molecule has 1 aliphatic carbocycles. The van der Waals surface area contributed by atoms with Crippen LogP contribution in [0.25, 0.3) is 23.0 Å². The van der Waals surface area contributed by atoms with Crippen molar-refractivity contribution in [3.63, 3.8) is 0 Å². The molecule has 180 valence electrons. The molecule has 2 N–H and O–H groups in total. The molecule has 2 aliphatic rings. The lowest BCUT2D eigenvalue weighted by Crippen LogP contribution is -2.39. The number of carbonyl (C=O) groups is 1. The Morgan fingerprint density at radius 3 is 2.44 bits per heavy atom. The highest BCUT2D eigenvalue weighted by Crippen LogP contribution is 2.31. The third-order valence-corrected chi connectivity index (χ3v) is 6.95. The zero-order valence-corrected chi connectivity index (χ0v) is 19.4. The lowest BCUT2D eigenvalue weighted by atomic mass is 9.85. The molecule has 1 saturated heterocycles. The number of aromatic nitrogens is 6. The van der Waals surface area contributed by atoms with Crippen molar-refractivity contribution < 1.29 is 14.6 Å². The molecule has 0 spiro atoms. The number of aromatic amines is 1. The van der Waals surface area contributed by atoms with Crippen LogP contribution >= 0.6 is 0 Å². The smallest absolute Gasteiger partial charge is 0.303 e. The Labute approximate surface area is 198 Å². The summed E-state index contributed by atoms with van der Waals surface area (Å²) in [5.74, 6) is 2.62. The van der Waals surface area contributed by atoms with Crippen LogP contribution < -0.4 is 4.90 Å². The first-order valence-electron chi connectivity index (χ1n) is 12.0. The molecular formula is C24H31N7O3. The van der Waals surface area contributed by atoms with Crippen molar-refractivity contribution in [2.75, 3.05) is 18.0 Å². The molecule has 5 rings (SSSR count). The standard InChI is InChI=1S/C24H31N7O3/c1-30-13-10-25-24(30)23-27-22(28-29-23)17-4-7-20(26-15-17)31-11-8-19(9-12-31)34-18-5-2-16(3-6-18)14-21(32)33/h4,7,10,13,15-16,18-19H,2-3,5-6,8-9,11-12,14H2,1H3,(H,32,33)(H,27,28,29)/t16-,18-. The molecule has 0 radical (unpaired) electrons. The van der Waals surface area contributed by atoms with Crippen molar-refractivity contribution >= 4 is 11.8 Å². The van der Waals surface area contributed by atoms with E-state index in [4.69, 9.17) is 9.84 Å². The molecule has 1 saturated carbocycles. The Morgan fingerprint density at radius 1 is 1.06 bits per heavy atom. The number of hydrogen-bond donors (Lipinski definition) is 2. The lowest BCUT2D eigenvalue weighted by Gasteiger charge is -2.36. The van der Waals surface area contributed by atoms with Crippen molar-refractivity contribution in [1.29, 1.82) is 0 Å². The highest BCUT2D eigenvalue weighted by molar-refractivity contribution is 5.67. The van der Waals surface area contributed by atoms with E-state index < -0.39 is 5.97 Å². The summed E-state index contributed by atoms with van der Waals surface area (Å²) in [4.78, 5) is 25.4. The second-order valence-electron chi connectivity index (χ2n) is 9.35. The van der Waals surface area contributed by atoms with E-state index in [0.717, 1.165) is 68.8 Å². The van der Waals surface area contributed by atoms with Crippen molar-refractivity contribution in [1.82, 2.24) is 29.7 Å². The van der Waals surface area contributed by atoms with Crippen LogP contribution in [0.15, 0.2) is 30.7 Å². The number of aliphatic carboxylic acids is 1. The fourth-order valence-corrected chi connectivity index (χ4v) is 5.01. The SMILES string of the molecule is Cn1ccnc1-c1nnc(-c2ccc(N3CCC(O[C@H]4CC[C@H](CC(=O)O)CC4)CC3)nc2)[nH]1. The van der Waals surface area contributed by atoms with Gasteiger partial charge in [0.1, 0.15) is 5.82 Å². The van der Waals surface area contributed by atoms with Gasteiger partial charge in [-0.25, -0.2) is 9.97 Å². The van der Waals surface area contributed by atoms with Crippen LogP contribution in [-0.4, -0.2) is 66.1 Å². The van der Waals surface area contributed by atoms with Gasteiger partial charge < -0.3 is 24.3 Å². The number of anilines is 1. The highest BCUT2D eigenvalue weighted by atomic mass is 16.5. The minimum Gasteiger partial charge on any atom is -0.481 e. The Hall–Kier alpha value is -3.27. The number of carboxylic acids is 1. The molecule has 0 aromatic carbocycles. The number of rotatable bonds is 7. The first kappa shape index (κ1) is 22.5. The van der Waals surface area contributed by atoms with Gasteiger partial charge in [0.2, 0.25) is 0 Å². The number of pyridine rings is 1. The number of H-pyrrole nitrogens is 1. The van der Waals surface area contributed by atoms with Crippen molar-refractivity contribution in [3.05, 3.63) is 30.7 Å². The summed E-state index contributed by atoms with van der Waals surface area (Å²) in [6.45, 7) is 1.83. The summed E-state index contributed by atoms with van der Waals surface area (Å²) in [6, 6.07) is 4.05. The predicted molar refractivity (Wildman–Crippen MR) is 126 cm³/mol. The van der Waals surface area contributed by atoms with Gasteiger partial charge in [-0.2, -0.15) is 0 Å². The maximum absolute atomic E-state index is 10.9. The van der Waals surface area contributed by atoms with E-state index in [1.807, 2.05) is 36.1 Å². The molecule has 10 nitrogen and oxygen atoms in total. The van der Waals surface area contributed by atoms with Crippen molar-refractivity contribution in [2.24, 2.45) is 13.0 Å². The summed E-state index contributed by atoms with van der Waals surface area (Å²) in [6.07, 6.45) is 12.1. The summed E-state index contributed by atoms with van der Waals surface area (Å²) < 4.78 is 8.26. The normalized spacial score (nSPS) is 21.6. The number of nitrogens with zero attached hydrogens (tertiary/aromatic N) is 6. The van der Waals surface area contributed by atoms with E-state index in [-0.39, 0.29) is 12.2 Å². The monoisotopic (exact) mass is 465 g/mol. The van der Waals surface area contributed by atoms with E-state index in [1.54, 1.807) is 6.20 Å². The average molecular weight is 466 g/mol. The van der Waals surface area contributed by atoms with Gasteiger partial charge in [0.25, 0.3) is 0 Å². The van der Waals surface area contributed by atoms with Gasteiger partial charge in [0, 0.05) is 50.7 Å². The van der Waals surface area contributed by atoms with Crippen LogP contribution in [0, 0.1) is 5.92 Å². The van der Waals surface area contributed by atoms with E-state index in [2.05, 4.69) is 30.0 Å². The molecule has 34 heavy (non-hydrogen) atoms. The van der Waals surface area contributed by atoms with E-state index in [0.29, 0.717) is 24.0 Å². The molecule has 1 aliphatic heterocycles. The molecule has 3 aromatic rings. The number of hydrogen-bond acceptors (Lipinski definition) is 7. The highest BCUT2D eigenvalue weighted by Gasteiger charge is 2.28. The molecular weight excluding hydrogens is 434 g/mol. The van der Waals surface area contributed by atoms with Gasteiger partial charge in [-0.1, -0.05) is 0 Å². The Bertz CT molecular complexity index is 1090.